The largest absolute Gasteiger partial charge is 0.489 e. The van der Waals surface area contributed by atoms with Gasteiger partial charge in [-0.05, 0) is 48.9 Å². The third-order valence-electron chi connectivity index (χ3n) is 5.01. The zero-order valence-electron chi connectivity index (χ0n) is 18.9. The van der Waals surface area contributed by atoms with Crippen LogP contribution in [0.1, 0.15) is 35.9 Å². The molecule has 35 heavy (non-hydrogen) atoms. The van der Waals surface area contributed by atoms with Gasteiger partial charge in [0.05, 0.1) is 12.2 Å². The number of aryl methyl sites for hydroxylation is 2. The number of rotatable bonds is 10. The van der Waals surface area contributed by atoms with Gasteiger partial charge in [0.2, 0.25) is 5.91 Å². The summed E-state index contributed by atoms with van der Waals surface area (Å²) in [6.45, 7) is 2.67. The number of alkyl halides is 2. The van der Waals surface area contributed by atoms with Crippen LogP contribution in [0.25, 0.3) is 0 Å². The van der Waals surface area contributed by atoms with E-state index in [4.69, 9.17) is 27.9 Å². The second-order valence-corrected chi connectivity index (χ2v) is 10.7. The van der Waals surface area contributed by atoms with E-state index in [2.05, 4.69) is 5.10 Å². The number of hydrogen-bond donors (Lipinski definition) is 1. The molecule has 0 atom stereocenters. The minimum absolute atomic E-state index is 0.0694. The lowest BCUT2D eigenvalue weighted by Gasteiger charge is -2.13. The van der Waals surface area contributed by atoms with E-state index in [1.165, 1.54) is 4.72 Å². The third-order valence-corrected chi connectivity index (χ3v) is 6.94. The predicted molar refractivity (Wildman–Crippen MR) is 129 cm³/mol. The summed E-state index contributed by atoms with van der Waals surface area (Å²) in [5, 5.41) is 1.54. The number of aromatic nitrogens is 2. The van der Waals surface area contributed by atoms with Crippen LogP contribution in [0.5, 0.6) is 5.75 Å². The highest BCUT2D eigenvalue weighted by Crippen LogP contribution is 2.26. The highest BCUT2D eigenvalue weighted by atomic mass is 35.5. The van der Waals surface area contributed by atoms with Gasteiger partial charge in [-0.3, -0.25) is 9.48 Å². The van der Waals surface area contributed by atoms with E-state index < -0.39 is 21.2 Å². The number of hydrogen-bond acceptors (Lipinski definition) is 5. The summed E-state index contributed by atoms with van der Waals surface area (Å²) in [5.41, 5.74) is 2.99. The van der Waals surface area contributed by atoms with Crippen molar-refractivity contribution in [2.24, 2.45) is 0 Å². The number of sulfonamides is 1. The van der Waals surface area contributed by atoms with Crippen LogP contribution >= 0.6 is 23.2 Å². The molecule has 0 spiro atoms. The minimum Gasteiger partial charge on any atom is -0.489 e. The van der Waals surface area contributed by atoms with Gasteiger partial charge < -0.3 is 4.74 Å². The molecule has 1 N–H and O–H groups in total. The zero-order chi connectivity index (χ0) is 25.8. The Morgan fingerprint density at radius 3 is 2.43 bits per heavy atom. The lowest BCUT2D eigenvalue weighted by molar-refractivity contribution is -0.119. The topological polar surface area (TPSA) is 90.3 Å². The van der Waals surface area contributed by atoms with Crippen LogP contribution in [0.3, 0.4) is 0 Å². The summed E-state index contributed by atoms with van der Waals surface area (Å²) in [6.07, 6.45) is -0.252. The molecule has 0 aliphatic heterocycles. The molecular weight excluding hydrogens is 523 g/mol. The maximum absolute atomic E-state index is 13.1. The molecule has 1 aromatic heterocycles. The maximum Gasteiger partial charge on any atom is 0.361 e. The van der Waals surface area contributed by atoms with Gasteiger partial charge in [-0.1, -0.05) is 35.3 Å². The Morgan fingerprint density at radius 1 is 1.11 bits per heavy atom. The molecule has 12 heteroatoms. The first-order valence-corrected chi connectivity index (χ1v) is 12.7. The lowest BCUT2D eigenvalue weighted by Crippen LogP contribution is -2.41. The van der Waals surface area contributed by atoms with Gasteiger partial charge in [0.25, 0.3) is 0 Å². The van der Waals surface area contributed by atoms with Gasteiger partial charge in [-0.25, -0.2) is 13.1 Å². The Kier molecular flexibility index (Phi) is 8.40. The van der Waals surface area contributed by atoms with E-state index in [1.54, 1.807) is 41.1 Å². The fraction of sp³-hybridized carbons (Fsp3) is 0.304. The monoisotopic (exact) mass is 545 g/mol. The van der Waals surface area contributed by atoms with E-state index in [9.17, 15) is 22.0 Å². The number of nitrogens with one attached hydrogen (secondary N) is 1. The number of carbonyl (C=O) groups is 1. The van der Waals surface area contributed by atoms with Crippen LogP contribution in [0.15, 0.2) is 48.5 Å². The summed E-state index contributed by atoms with van der Waals surface area (Å²) < 4.78 is 58.0. The molecule has 1 heterocycles. The van der Waals surface area contributed by atoms with Crippen molar-refractivity contribution in [3.8, 4) is 5.75 Å². The average Bonchev–Trinajstić information content (AvgIpc) is 3.11. The van der Waals surface area contributed by atoms with Crippen LogP contribution in [0.2, 0.25) is 10.0 Å². The molecule has 0 aliphatic carbocycles. The molecule has 0 radical (unpaired) electrons. The van der Waals surface area contributed by atoms with E-state index in [1.807, 2.05) is 19.1 Å². The summed E-state index contributed by atoms with van der Waals surface area (Å²) in [5.74, 6) is -0.419. The summed E-state index contributed by atoms with van der Waals surface area (Å²) in [7, 11) is -5.07. The lowest BCUT2D eigenvalue weighted by atomic mass is 10.2. The minimum atomic E-state index is -5.07. The standard InChI is InChI=1S/C23H23Cl2F2N3O4S/c1-15-11-20(8-10-22(31)29-35(32,33)23(2,26)27)28-30(15)13-17-12-19(25)7-9-21(17)34-14-16-3-5-18(24)6-4-16/h3-7,9,11-12H,8,10,13-14H2,1-2H3,(H,29,31). The van der Waals surface area contributed by atoms with E-state index in [0.717, 1.165) is 16.8 Å². The number of carbonyl (C=O) groups excluding carboxylic acids is 1. The quantitative estimate of drug-likeness (QED) is 0.382. The molecule has 2 aromatic carbocycles. The van der Waals surface area contributed by atoms with Gasteiger partial charge in [-0.15, -0.1) is 0 Å². The van der Waals surface area contributed by atoms with Crippen LogP contribution in [0, 0.1) is 6.92 Å². The molecule has 0 fully saturated rings. The van der Waals surface area contributed by atoms with Crippen molar-refractivity contribution in [1.29, 1.82) is 0 Å². The molecule has 188 valence electrons. The Morgan fingerprint density at radius 2 is 1.77 bits per heavy atom. The molecule has 0 aliphatic rings. The normalized spacial score (nSPS) is 11.9. The van der Waals surface area contributed by atoms with Crippen molar-refractivity contribution in [3.63, 3.8) is 0 Å². The highest BCUT2D eigenvalue weighted by Gasteiger charge is 2.40. The van der Waals surface area contributed by atoms with E-state index in [-0.39, 0.29) is 19.8 Å². The first-order valence-electron chi connectivity index (χ1n) is 10.5. The number of ether oxygens (including phenoxy) is 1. The van der Waals surface area contributed by atoms with Crippen molar-refractivity contribution in [2.75, 3.05) is 0 Å². The molecule has 0 saturated carbocycles. The number of amides is 1. The molecule has 0 unspecified atom stereocenters. The Balaban J connectivity index is 1.67. The predicted octanol–water partition coefficient (Wildman–Crippen LogP) is 5.12. The third kappa shape index (κ3) is 7.39. The molecule has 3 aromatic rings. The van der Waals surface area contributed by atoms with Crippen molar-refractivity contribution >= 4 is 39.1 Å². The van der Waals surface area contributed by atoms with E-state index >= 15 is 0 Å². The van der Waals surface area contributed by atoms with Crippen molar-refractivity contribution in [1.82, 2.24) is 14.5 Å². The van der Waals surface area contributed by atoms with Crippen molar-refractivity contribution in [3.05, 3.63) is 81.1 Å². The second-order valence-electron chi connectivity index (χ2n) is 7.94. The molecule has 3 rings (SSSR count). The van der Waals surface area contributed by atoms with Gasteiger partial charge >= 0.3 is 15.3 Å². The summed E-state index contributed by atoms with van der Waals surface area (Å²) in [4.78, 5) is 11.9. The SMILES string of the molecule is Cc1cc(CCC(=O)NS(=O)(=O)C(C)(F)F)nn1Cc1cc(Cl)ccc1OCc1ccc(Cl)cc1. The van der Waals surface area contributed by atoms with Crippen molar-refractivity contribution < 1.29 is 26.7 Å². The first-order chi connectivity index (χ1) is 16.3. The fourth-order valence-corrected chi connectivity index (χ4v) is 4.01. The molecular formula is C23H23Cl2F2N3O4S. The van der Waals surface area contributed by atoms with E-state index in [0.29, 0.717) is 34.6 Å². The molecule has 7 nitrogen and oxygen atoms in total. The highest BCUT2D eigenvalue weighted by molar-refractivity contribution is 7.91. The van der Waals surface area contributed by atoms with Gasteiger partial charge in [-0.2, -0.15) is 13.9 Å². The maximum atomic E-state index is 13.1. The summed E-state index contributed by atoms with van der Waals surface area (Å²) in [6, 6.07) is 14.3. The molecule has 1 amide bonds. The number of halogens is 4. The van der Waals surface area contributed by atoms with Crippen molar-refractivity contribution in [2.45, 2.75) is 45.1 Å². The van der Waals surface area contributed by atoms with Crippen LogP contribution in [0.4, 0.5) is 8.78 Å². The number of nitrogens with zero attached hydrogens (tertiary/aromatic N) is 2. The smallest absolute Gasteiger partial charge is 0.361 e. The Labute approximate surface area is 212 Å². The summed E-state index contributed by atoms with van der Waals surface area (Å²) >= 11 is 12.1. The molecule has 0 bridgehead atoms. The van der Waals surface area contributed by atoms with Gasteiger partial charge in [0.15, 0.2) is 0 Å². The Hall–Kier alpha value is -2.69. The molecule has 0 saturated heterocycles. The van der Waals surface area contributed by atoms with Gasteiger partial charge in [0, 0.05) is 41.1 Å². The van der Waals surface area contributed by atoms with Crippen LogP contribution in [-0.4, -0.2) is 29.4 Å². The first kappa shape index (κ1) is 26.9. The van der Waals surface area contributed by atoms with Crippen LogP contribution < -0.4 is 9.46 Å². The fourth-order valence-electron chi connectivity index (χ4n) is 3.11. The number of benzene rings is 2. The zero-order valence-corrected chi connectivity index (χ0v) is 21.2. The second kappa shape index (κ2) is 10.9. The van der Waals surface area contributed by atoms with Crippen LogP contribution in [-0.2, 0) is 34.4 Å². The average molecular weight is 546 g/mol. The Bertz CT molecular complexity index is 1310. The van der Waals surface area contributed by atoms with Gasteiger partial charge in [0.1, 0.15) is 12.4 Å².